The van der Waals surface area contributed by atoms with Gasteiger partial charge in [-0.15, -0.1) is 0 Å². The first-order chi connectivity index (χ1) is 17.5. The van der Waals surface area contributed by atoms with Gasteiger partial charge in [-0.05, 0) is 21.5 Å². The smallest absolute Gasteiger partial charge is 0.122 e. The van der Waals surface area contributed by atoms with Crippen LogP contribution in [0.25, 0.3) is 0 Å². The average molecular weight is 557 g/mol. The Labute approximate surface area is 227 Å². The van der Waals surface area contributed by atoms with Gasteiger partial charge in [0, 0.05) is 16.2 Å². The highest BCUT2D eigenvalue weighted by Gasteiger charge is 2.32. The van der Waals surface area contributed by atoms with E-state index in [4.69, 9.17) is 0 Å². The Morgan fingerprint density at radius 2 is 0.919 bits per heavy atom. The summed E-state index contributed by atoms with van der Waals surface area (Å²) in [4.78, 5) is 0. The minimum Gasteiger partial charge on any atom is -0.507 e. The van der Waals surface area contributed by atoms with Crippen LogP contribution < -0.4 is 21.0 Å². The maximum atomic E-state index is 11.7. The van der Waals surface area contributed by atoms with Crippen LogP contribution in [0.3, 0.4) is 0 Å². The summed E-state index contributed by atoms with van der Waals surface area (Å²) in [5.41, 5.74) is 2.70. The molecule has 0 aromatic heterocycles. The average Bonchev–Trinajstić information content (AvgIpc) is 2.85. The third kappa shape index (κ3) is 6.18. The Kier molecular flexibility index (Phi) is 8.29. The molecule has 0 heterocycles. The zero-order valence-electron chi connectivity index (χ0n) is 22.7. The van der Waals surface area contributed by atoms with E-state index in [2.05, 4.69) is 136 Å². The maximum absolute atomic E-state index is 11.7. The van der Waals surface area contributed by atoms with E-state index >= 15 is 0 Å². The van der Waals surface area contributed by atoms with E-state index in [9.17, 15) is 10.2 Å². The molecule has 0 aliphatic heterocycles. The van der Waals surface area contributed by atoms with Crippen molar-refractivity contribution in [2.75, 3.05) is 0 Å². The van der Waals surface area contributed by atoms with E-state index in [1.807, 2.05) is 0 Å². The third-order valence-corrected chi connectivity index (χ3v) is 16.6. The molecule has 2 N–H and O–H groups in total. The molecule has 0 amide bonds. The van der Waals surface area contributed by atoms with Crippen LogP contribution in [0, 0.1) is 0 Å². The number of phenolic OH excluding ortho intramolecular Hbond substituents is 2. The first kappa shape index (κ1) is 27.6. The van der Waals surface area contributed by atoms with E-state index < -0.39 is 23.6 Å². The summed E-state index contributed by atoms with van der Waals surface area (Å²) < 4.78 is 0. The molecule has 0 fully saturated rings. The van der Waals surface area contributed by atoms with Crippen molar-refractivity contribution >= 4 is 53.8 Å². The van der Waals surface area contributed by atoms with Gasteiger partial charge < -0.3 is 10.2 Å². The summed E-state index contributed by atoms with van der Waals surface area (Å²) in [7, 11) is -4.12. The molecule has 0 aliphatic carbocycles. The maximum Gasteiger partial charge on any atom is 0.122 e. The quantitative estimate of drug-likeness (QED) is 0.206. The fourth-order valence-electron chi connectivity index (χ4n) is 4.66. The molecule has 0 aliphatic rings. The minimum atomic E-state index is -1.77. The van der Waals surface area contributed by atoms with Crippen molar-refractivity contribution in [2.45, 2.75) is 44.8 Å². The molecule has 2 nitrogen and oxygen atoms in total. The van der Waals surface area contributed by atoms with E-state index in [-0.39, 0.29) is 5.54 Å². The largest absolute Gasteiger partial charge is 0.507 e. The van der Waals surface area contributed by atoms with Gasteiger partial charge in [-0.1, -0.05) is 144 Å². The summed E-state index contributed by atoms with van der Waals surface area (Å²) in [6.45, 7) is 13.6. The molecule has 0 saturated heterocycles. The summed E-state index contributed by atoms with van der Waals surface area (Å²) >= 11 is 0. The highest BCUT2D eigenvalue weighted by molar-refractivity contribution is 7.97. The first-order valence-corrected chi connectivity index (χ1v) is 23.1. The van der Waals surface area contributed by atoms with Gasteiger partial charge in [0.25, 0.3) is 0 Å². The highest BCUT2D eigenvalue weighted by Crippen LogP contribution is 2.43. The SMILES string of the molecule is C[Si](C)(C)c1cccc(P([Si]C(c2ccccc2)c2ccccc2)c2cccc([Si](C)(C)C)c2O)c1O. The van der Waals surface area contributed by atoms with Gasteiger partial charge >= 0.3 is 0 Å². The van der Waals surface area contributed by atoms with Crippen molar-refractivity contribution < 1.29 is 10.2 Å². The van der Waals surface area contributed by atoms with Gasteiger partial charge in [0.1, 0.15) is 20.7 Å². The van der Waals surface area contributed by atoms with Crippen molar-refractivity contribution in [3.05, 3.63) is 108 Å². The Bertz CT molecular complexity index is 1240. The van der Waals surface area contributed by atoms with E-state index in [0.29, 0.717) is 20.7 Å². The molecule has 0 atom stereocenters. The van der Waals surface area contributed by atoms with Crippen molar-refractivity contribution in [1.82, 2.24) is 0 Å². The molecule has 6 heteroatoms. The van der Waals surface area contributed by atoms with Gasteiger partial charge in [0.05, 0.1) is 16.1 Å². The first-order valence-electron chi connectivity index (χ1n) is 12.8. The second-order valence-electron chi connectivity index (χ2n) is 11.6. The number of aromatic hydroxyl groups is 2. The predicted octanol–water partition coefficient (Wildman–Crippen LogP) is 6.03. The van der Waals surface area contributed by atoms with Gasteiger partial charge in [-0.2, -0.15) is 0 Å². The van der Waals surface area contributed by atoms with Crippen LogP contribution >= 0.6 is 7.47 Å². The third-order valence-electron chi connectivity index (χ3n) is 6.65. The Morgan fingerprint density at radius 1 is 0.541 bits per heavy atom. The van der Waals surface area contributed by atoms with Gasteiger partial charge in [0.2, 0.25) is 0 Å². The monoisotopic (exact) mass is 556 g/mol. The standard InChI is InChI=1S/C31H37O2PSi3/c1-36(2,3)27-21-13-19-25(29(27)32)34(26-20-14-22-28(30(26)33)37(4,5)6)35-31(23-15-9-7-10-16-23)24-17-11-8-12-18-24/h7-22,31-33H,1-6H3. The fraction of sp³-hybridized carbons (Fsp3) is 0.226. The molecule has 4 aromatic rings. The normalized spacial score (nSPS) is 12.3. The lowest BCUT2D eigenvalue weighted by atomic mass is 10.0. The number of benzene rings is 4. The molecule has 37 heavy (non-hydrogen) atoms. The summed E-state index contributed by atoms with van der Waals surface area (Å²) in [6, 6.07) is 33.9. The van der Waals surface area contributed by atoms with Crippen molar-refractivity contribution in [3.8, 4) is 11.5 Å². The summed E-state index contributed by atoms with van der Waals surface area (Å²) in [5, 5.41) is 27.5. The lowest BCUT2D eigenvalue weighted by molar-refractivity contribution is 0.483. The molecule has 190 valence electrons. The van der Waals surface area contributed by atoms with Gasteiger partial charge in [-0.3, -0.25) is 0 Å². The Morgan fingerprint density at radius 3 is 1.27 bits per heavy atom. The predicted molar refractivity (Wildman–Crippen MR) is 169 cm³/mol. The van der Waals surface area contributed by atoms with Crippen LogP contribution in [0.4, 0.5) is 0 Å². The fourth-order valence-corrected chi connectivity index (χ4v) is 14.0. The Balaban J connectivity index is 1.95. The second kappa shape index (κ2) is 11.1. The van der Waals surface area contributed by atoms with Crippen LogP contribution in [0.1, 0.15) is 16.7 Å². The van der Waals surface area contributed by atoms with Crippen LogP contribution in [0.2, 0.25) is 39.3 Å². The van der Waals surface area contributed by atoms with E-state index in [1.54, 1.807) is 0 Å². The van der Waals surface area contributed by atoms with E-state index in [0.717, 1.165) is 21.0 Å². The van der Waals surface area contributed by atoms with Crippen molar-refractivity contribution in [2.24, 2.45) is 0 Å². The topological polar surface area (TPSA) is 40.5 Å². The second-order valence-corrected chi connectivity index (χ2v) is 26.2. The number of rotatable bonds is 8. The molecule has 4 rings (SSSR count). The Hall–Kier alpha value is -2.44. The van der Waals surface area contributed by atoms with E-state index in [1.165, 1.54) is 11.1 Å². The van der Waals surface area contributed by atoms with Gasteiger partial charge in [0.15, 0.2) is 0 Å². The molecule has 0 spiro atoms. The lowest BCUT2D eigenvalue weighted by Gasteiger charge is -2.29. The number of hydrogen-bond acceptors (Lipinski definition) is 2. The molecule has 4 aromatic carbocycles. The van der Waals surface area contributed by atoms with Gasteiger partial charge in [-0.25, -0.2) is 0 Å². The lowest BCUT2D eigenvalue weighted by Crippen LogP contribution is -2.41. The number of phenols is 2. The molecular formula is C31H37O2PSi3. The van der Waals surface area contributed by atoms with Crippen molar-refractivity contribution in [1.29, 1.82) is 0 Å². The molecule has 0 unspecified atom stereocenters. The zero-order valence-corrected chi connectivity index (χ0v) is 26.6. The van der Waals surface area contributed by atoms with Crippen LogP contribution in [0.5, 0.6) is 11.5 Å². The van der Waals surface area contributed by atoms with Crippen LogP contribution in [0.15, 0.2) is 97.1 Å². The van der Waals surface area contributed by atoms with Crippen LogP contribution in [-0.2, 0) is 0 Å². The number of para-hydroxylation sites is 2. The molecule has 0 bridgehead atoms. The highest BCUT2D eigenvalue weighted by atomic mass is 31.4. The number of hydrogen-bond donors (Lipinski definition) is 2. The molecular weight excluding hydrogens is 520 g/mol. The van der Waals surface area contributed by atoms with Crippen LogP contribution in [-0.4, -0.2) is 35.5 Å². The van der Waals surface area contributed by atoms with Crippen molar-refractivity contribution in [3.63, 3.8) is 0 Å². The zero-order chi connectivity index (χ0) is 26.8. The molecule has 0 saturated carbocycles. The minimum absolute atomic E-state index is 0.165. The molecule has 2 radical (unpaired) electrons. The summed E-state index contributed by atoms with van der Waals surface area (Å²) in [6.07, 6.45) is 0. The summed E-state index contributed by atoms with van der Waals surface area (Å²) in [5.74, 6) is 0.857.